The van der Waals surface area contributed by atoms with Gasteiger partial charge in [0.2, 0.25) is 0 Å². The zero-order valence-electron chi connectivity index (χ0n) is 15.8. The molecular weight excluding hydrogens is 402 g/mol. The van der Waals surface area contributed by atoms with E-state index in [1.54, 1.807) is 0 Å². The van der Waals surface area contributed by atoms with Crippen molar-refractivity contribution in [1.29, 1.82) is 0 Å². The quantitative estimate of drug-likeness (QED) is 0.143. The van der Waals surface area contributed by atoms with Crippen molar-refractivity contribution < 1.29 is 46.7 Å². The molecule has 0 aliphatic rings. The Balaban J connectivity index is 0. The Morgan fingerprint density at radius 1 is 0.750 bits per heavy atom. The van der Waals surface area contributed by atoms with E-state index in [4.69, 9.17) is 0 Å². The molecule has 140 valence electrons. The molecule has 0 aromatic carbocycles. The second kappa shape index (κ2) is 20.7. The van der Waals surface area contributed by atoms with Crippen molar-refractivity contribution in [2.45, 2.75) is 101 Å². The van der Waals surface area contributed by atoms with Gasteiger partial charge in [0.1, 0.15) is 0 Å². The third kappa shape index (κ3) is 25.6. The maximum absolute atomic E-state index is 10.2. The van der Waals surface area contributed by atoms with Crippen LogP contribution in [0.25, 0.3) is 0 Å². The molecule has 0 aliphatic carbocycles. The maximum atomic E-state index is 10.2. The zero-order valence-corrected chi connectivity index (χ0v) is 20.3. The van der Waals surface area contributed by atoms with Gasteiger partial charge in [-0.15, -0.1) is 0 Å². The molecule has 0 bridgehead atoms. The van der Waals surface area contributed by atoms with E-state index in [9.17, 15) is 13.0 Å². The molecule has 0 spiro atoms. The van der Waals surface area contributed by atoms with Crippen molar-refractivity contribution in [3.05, 3.63) is 0 Å². The van der Waals surface area contributed by atoms with Crippen LogP contribution in [0.3, 0.4) is 0 Å². The van der Waals surface area contributed by atoms with Crippen LogP contribution in [-0.2, 0) is 14.6 Å². The largest absolute Gasteiger partial charge is 1.00 e. The first-order valence-corrected chi connectivity index (χ1v) is 13.0. The average molecular weight is 437 g/mol. The van der Waals surface area contributed by atoms with Crippen LogP contribution in [-0.4, -0.2) is 34.5 Å². The molecule has 0 heterocycles. The Hall–Kier alpha value is 1.39. The van der Waals surface area contributed by atoms with E-state index in [0.29, 0.717) is 21.4 Å². The summed E-state index contributed by atoms with van der Waals surface area (Å²) in [7, 11) is -4.49. The monoisotopic (exact) mass is 438 g/mol. The fourth-order valence-corrected chi connectivity index (χ4v) is 4.75. The van der Waals surface area contributed by atoms with E-state index < -0.39 is 10.4 Å². The molecule has 0 N–H and O–H groups in total. The number of unbranched alkanes of at least 4 members (excludes halogenated alkanes) is 11. The van der Waals surface area contributed by atoms with Gasteiger partial charge in [0, 0.05) is 0 Å². The zero-order chi connectivity index (χ0) is 17.2. The molecule has 0 rings (SSSR count). The summed E-state index contributed by atoms with van der Waals surface area (Å²) in [6.45, 7) is 2.31. The summed E-state index contributed by atoms with van der Waals surface area (Å²) in [6.07, 6.45) is 17.2. The Bertz CT molecular complexity index is 339. The predicted octanol–water partition coefficient (Wildman–Crippen LogP) is 2.10. The molecule has 0 radical (unpaired) electrons. The van der Waals surface area contributed by atoms with Crippen molar-refractivity contribution in [3.63, 3.8) is 0 Å². The van der Waals surface area contributed by atoms with E-state index in [1.165, 1.54) is 82.4 Å². The maximum Gasteiger partial charge on any atom is 1.00 e. The summed E-state index contributed by atoms with van der Waals surface area (Å²) in [4.78, 5) is 0. The van der Waals surface area contributed by atoms with Gasteiger partial charge in [-0.3, -0.25) is 0 Å². The number of hydrogen-bond acceptors (Lipinski definition) is 4. The predicted molar refractivity (Wildman–Crippen MR) is 96.7 cm³/mol. The number of hydrogen-bond donors (Lipinski definition) is 0. The van der Waals surface area contributed by atoms with E-state index in [1.807, 2.05) is 0 Å². The Kier molecular flexibility index (Phi) is 23.8. The van der Waals surface area contributed by atoms with Gasteiger partial charge in [-0.05, 0) is 0 Å². The van der Waals surface area contributed by atoms with Gasteiger partial charge in [-0.2, -0.15) is 0 Å². The molecule has 7 heteroatoms. The summed E-state index contributed by atoms with van der Waals surface area (Å²) in [5.41, 5.74) is 0. The fourth-order valence-electron chi connectivity index (χ4n) is 2.47. The average Bonchev–Trinajstić information content (AvgIpc) is 2.49. The SMILES string of the molecule is CCCCCCCCCCCCCC[Se]CCCOS(=O)(=O)[O-].[Na+]. The molecule has 0 amide bonds. The molecule has 0 aromatic heterocycles. The fraction of sp³-hybridized carbons (Fsp3) is 1.00. The van der Waals surface area contributed by atoms with Crippen LogP contribution in [0, 0.1) is 0 Å². The van der Waals surface area contributed by atoms with E-state index >= 15 is 0 Å². The molecule has 0 atom stereocenters. The molecule has 4 nitrogen and oxygen atoms in total. The molecule has 0 aromatic rings. The topological polar surface area (TPSA) is 66.4 Å². The van der Waals surface area contributed by atoms with Gasteiger partial charge in [0.15, 0.2) is 0 Å². The van der Waals surface area contributed by atoms with Crippen molar-refractivity contribution >= 4 is 25.4 Å². The van der Waals surface area contributed by atoms with Crippen molar-refractivity contribution in [2.75, 3.05) is 6.61 Å². The van der Waals surface area contributed by atoms with Crippen molar-refractivity contribution in [3.8, 4) is 0 Å². The molecular formula is C17H35NaO4SSe. The first-order chi connectivity index (χ1) is 11.1. The van der Waals surface area contributed by atoms with Crippen LogP contribution in [0.5, 0.6) is 0 Å². The normalized spacial score (nSPS) is 11.4. The van der Waals surface area contributed by atoms with Gasteiger partial charge in [-0.1, -0.05) is 13.3 Å². The van der Waals surface area contributed by atoms with Crippen LogP contribution in [0.2, 0.25) is 10.6 Å². The first-order valence-electron chi connectivity index (χ1n) is 9.24. The minimum atomic E-state index is -4.49. The standard InChI is InChI=1S/C17H36O4SSe.Na/c1-2-3-4-5-6-7-8-9-10-11-12-13-16-23-17-14-15-21-22(18,19)20;/h2-17H2,1H3,(H,18,19,20);/q;+1/p-1. The summed E-state index contributed by atoms with van der Waals surface area (Å²) in [5, 5.41) is 2.26. The van der Waals surface area contributed by atoms with E-state index in [-0.39, 0.29) is 36.2 Å². The summed E-state index contributed by atoms with van der Waals surface area (Å²) < 4.78 is 34.8. The van der Waals surface area contributed by atoms with Crippen LogP contribution in [0.1, 0.15) is 90.4 Å². The molecule has 0 aliphatic heterocycles. The van der Waals surface area contributed by atoms with Crippen molar-refractivity contribution in [2.24, 2.45) is 0 Å². The van der Waals surface area contributed by atoms with Gasteiger partial charge < -0.3 is 0 Å². The Morgan fingerprint density at radius 2 is 1.17 bits per heavy atom. The molecule has 24 heavy (non-hydrogen) atoms. The molecule has 0 fully saturated rings. The van der Waals surface area contributed by atoms with Crippen molar-refractivity contribution in [1.82, 2.24) is 0 Å². The minimum absolute atomic E-state index is 0. The molecule has 0 unspecified atom stereocenters. The van der Waals surface area contributed by atoms with Gasteiger partial charge in [0.05, 0.1) is 0 Å². The van der Waals surface area contributed by atoms with Crippen LogP contribution >= 0.6 is 0 Å². The second-order valence-electron chi connectivity index (χ2n) is 6.09. The van der Waals surface area contributed by atoms with Crippen LogP contribution < -0.4 is 29.6 Å². The third-order valence-corrected chi connectivity index (χ3v) is 6.68. The number of rotatable bonds is 18. The van der Waals surface area contributed by atoms with Gasteiger partial charge in [-0.25, -0.2) is 0 Å². The van der Waals surface area contributed by atoms with Crippen LogP contribution in [0.4, 0.5) is 0 Å². The Labute approximate surface area is 178 Å². The third-order valence-electron chi connectivity index (χ3n) is 3.80. The van der Waals surface area contributed by atoms with Crippen LogP contribution in [0.15, 0.2) is 0 Å². The summed E-state index contributed by atoms with van der Waals surface area (Å²) in [6, 6.07) is 0. The summed E-state index contributed by atoms with van der Waals surface area (Å²) in [5.74, 6) is 0. The molecule has 0 saturated heterocycles. The minimum Gasteiger partial charge on any atom is 1.00 e. The summed E-state index contributed by atoms with van der Waals surface area (Å²) >= 11 is 0.564. The Morgan fingerprint density at radius 3 is 1.62 bits per heavy atom. The second-order valence-corrected chi connectivity index (χ2v) is 9.71. The van der Waals surface area contributed by atoms with E-state index in [0.717, 1.165) is 5.32 Å². The first kappa shape index (κ1) is 27.6. The van der Waals surface area contributed by atoms with Gasteiger partial charge >= 0.3 is 166 Å². The van der Waals surface area contributed by atoms with Gasteiger partial charge in [0.25, 0.3) is 0 Å². The van der Waals surface area contributed by atoms with E-state index in [2.05, 4.69) is 11.1 Å². The smallest absolute Gasteiger partial charge is 1.00 e. The molecule has 0 saturated carbocycles.